The van der Waals surface area contributed by atoms with E-state index in [1.165, 1.54) is 31.2 Å². The molecule has 0 N–H and O–H groups in total. The summed E-state index contributed by atoms with van der Waals surface area (Å²) in [5.41, 5.74) is 1.32. The molecule has 3 heteroatoms. The normalized spacial score (nSPS) is 11.9. The average Bonchev–Trinajstić information content (AvgIpc) is 2.45. The molecule has 0 bridgehead atoms. The Morgan fingerprint density at radius 3 is 2.40 bits per heavy atom. The number of hydrogen-bond acceptors (Lipinski definition) is 3. The minimum absolute atomic E-state index is 0.323. The molecule has 112 valence electrons. The van der Waals surface area contributed by atoms with Gasteiger partial charge in [0.25, 0.3) is 0 Å². The van der Waals surface area contributed by atoms with Crippen LogP contribution in [0.1, 0.15) is 52.0 Å². The number of unbranched alkanes of at least 4 members (excludes halogenated alkanes) is 3. The fraction of sp³-hybridized carbons (Fsp3) is 0.588. The minimum Gasteiger partial charge on any atom is -0.479 e. The van der Waals surface area contributed by atoms with Gasteiger partial charge < -0.3 is 9.47 Å². The molecule has 0 radical (unpaired) electrons. The predicted molar refractivity (Wildman–Crippen MR) is 81.0 cm³/mol. The largest absolute Gasteiger partial charge is 0.479 e. The van der Waals surface area contributed by atoms with Crippen LogP contribution in [-0.2, 0) is 16.0 Å². The average molecular weight is 278 g/mol. The molecule has 1 atom stereocenters. The summed E-state index contributed by atoms with van der Waals surface area (Å²) in [4.78, 5) is 11.5. The van der Waals surface area contributed by atoms with Crippen LogP contribution in [-0.4, -0.2) is 18.7 Å². The quantitative estimate of drug-likeness (QED) is 0.503. The van der Waals surface area contributed by atoms with E-state index in [1.54, 1.807) is 13.8 Å². The van der Waals surface area contributed by atoms with Crippen molar-refractivity contribution in [3.63, 3.8) is 0 Å². The van der Waals surface area contributed by atoms with Crippen LogP contribution in [0, 0.1) is 0 Å². The number of aryl methyl sites for hydroxylation is 1. The summed E-state index contributed by atoms with van der Waals surface area (Å²) >= 11 is 0. The monoisotopic (exact) mass is 278 g/mol. The zero-order valence-electron chi connectivity index (χ0n) is 12.9. The van der Waals surface area contributed by atoms with Gasteiger partial charge in [-0.3, -0.25) is 0 Å². The molecule has 20 heavy (non-hydrogen) atoms. The second-order valence-corrected chi connectivity index (χ2v) is 4.97. The molecule has 0 aromatic heterocycles. The van der Waals surface area contributed by atoms with Crippen molar-refractivity contribution in [1.82, 2.24) is 0 Å². The number of hydrogen-bond donors (Lipinski definition) is 0. The molecular weight excluding hydrogens is 252 g/mol. The summed E-state index contributed by atoms with van der Waals surface area (Å²) in [5.74, 6) is 0.388. The molecule has 1 rings (SSSR count). The molecule has 0 unspecified atom stereocenters. The molecular formula is C17H26O3. The SMILES string of the molecule is CCCCCCc1ccc(O[C@H](C)C(=O)OCC)cc1. The third kappa shape index (κ3) is 6.09. The van der Waals surface area contributed by atoms with Crippen molar-refractivity contribution in [1.29, 1.82) is 0 Å². The smallest absolute Gasteiger partial charge is 0.347 e. The van der Waals surface area contributed by atoms with Gasteiger partial charge in [0.2, 0.25) is 0 Å². The first kappa shape index (κ1) is 16.5. The van der Waals surface area contributed by atoms with E-state index in [2.05, 4.69) is 19.1 Å². The Balaban J connectivity index is 2.40. The number of ether oxygens (including phenoxy) is 2. The fourth-order valence-corrected chi connectivity index (χ4v) is 2.00. The molecule has 0 fully saturated rings. The van der Waals surface area contributed by atoms with Crippen molar-refractivity contribution >= 4 is 5.97 Å². The number of esters is 1. The lowest BCUT2D eigenvalue weighted by atomic mass is 10.1. The summed E-state index contributed by atoms with van der Waals surface area (Å²) in [6, 6.07) is 7.98. The van der Waals surface area contributed by atoms with E-state index in [4.69, 9.17) is 9.47 Å². The topological polar surface area (TPSA) is 35.5 Å². The Morgan fingerprint density at radius 1 is 1.10 bits per heavy atom. The van der Waals surface area contributed by atoms with E-state index >= 15 is 0 Å². The molecule has 0 saturated heterocycles. The lowest BCUT2D eigenvalue weighted by molar-refractivity contribution is -0.150. The van der Waals surface area contributed by atoms with Crippen LogP contribution >= 0.6 is 0 Å². The number of carbonyl (C=O) groups is 1. The lowest BCUT2D eigenvalue weighted by Crippen LogP contribution is -2.26. The number of rotatable bonds is 9. The first-order chi connectivity index (χ1) is 9.67. The molecule has 1 aromatic rings. The third-order valence-electron chi connectivity index (χ3n) is 3.17. The molecule has 0 heterocycles. The molecule has 3 nitrogen and oxygen atoms in total. The van der Waals surface area contributed by atoms with Crippen LogP contribution in [0.3, 0.4) is 0 Å². The Morgan fingerprint density at radius 2 is 1.80 bits per heavy atom. The van der Waals surface area contributed by atoms with Crippen molar-refractivity contribution in [2.75, 3.05) is 6.61 Å². The predicted octanol–water partition coefficient (Wildman–Crippen LogP) is 4.14. The van der Waals surface area contributed by atoms with Gasteiger partial charge in [0, 0.05) is 0 Å². The maximum atomic E-state index is 11.5. The lowest BCUT2D eigenvalue weighted by Gasteiger charge is -2.13. The zero-order chi connectivity index (χ0) is 14.8. The summed E-state index contributed by atoms with van der Waals surface area (Å²) in [6.45, 7) is 6.09. The Labute approximate surface area is 122 Å². The van der Waals surface area contributed by atoms with E-state index < -0.39 is 6.10 Å². The van der Waals surface area contributed by atoms with Crippen LogP contribution in [0.25, 0.3) is 0 Å². The number of carbonyl (C=O) groups excluding carboxylic acids is 1. The number of benzene rings is 1. The molecule has 1 aromatic carbocycles. The maximum Gasteiger partial charge on any atom is 0.347 e. The van der Waals surface area contributed by atoms with E-state index in [0.717, 1.165) is 6.42 Å². The molecule has 0 aliphatic rings. The Kier molecular flexibility index (Phi) is 7.78. The molecule has 0 amide bonds. The molecule has 0 saturated carbocycles. The first-order valence-corrected chi connectivity index (χ1v) is 7.59. The van der Waals surface area contributed by atoms with E-state index in [1.807, 2.05) is 12.1 Å². The van der Waals surface area contributed by atoms with Gasteiger partial charge in [0.15, 0.2) is 6.10 Å². The summed E-state index contributed by atoms with van der Waals surface area (Å²) in [5, 5.41) is 0. The molecule has 0 aliphatic carbocycles. The second kappa shape index (κ2) is 9.40. The van der Waals surface area contributed by atoms with Crippen molar-refractivity contribution in [3.05, 3.63) is 29.8 Å². The van der Waals surface area contributed by atoms with Gasteiger partial charge in [-0.05, 0) is 44.4 Å². The van der Waals surface area contributed by atoms with Crippen LogP contribution in [0.4, 0.5) is 0 Å². The fourth-order valence-electron chi connectivity index (χ4n) is 2.00. The van der Waals surface area contributed by atoms with E-state index in [9.17, 15) is 4.79 Å². The van der Waals surface area contributed by atoms with Gasteiger partial charge in [0.05, 0.1) is 6.61 Å². The highest BCUT2D eigenvalue weighted by molar-refractivity contribution is 5.74. The Bertz CT molecular complexity index is 384. The highest BCUT2D eigenvalue weighted by Crippen LogP contribution is 2.16. The highest BCUT2D eigenvalue weighted by atomic mass is 16.6. The third-order valence-corrected chi connectivity index (χ3v) is 3.17. The van der Waals surface area contributed by atoms with Gasteiger partial charge in [-0.2, -0.15) is 0 Å². The van der Waals surface area contributed by atoms with Gasteiger partial charge >= 0.3 is 5.97 Å². The highest BCUT2D eigenvalue weighted by Gasteiger charge is 2.15. The van der Waals surface area contributed by atoms with Crippen molar-refractivity contribution in [2.45, 2.75) is 59.0 Å². The van der Waals surface area contributed by atoms with Crippen LogP contribution < -0.4 is 4.74 Å². The zero-order valence-corrected chi connectivity index (χ0v) is 12.9. The van der Waals surface area contributed by atoms with Crippen molar-refractivity contribution in [3.8, 4) is 5.75 Å². The van der Waals surface area contributed by atoms with Crippen LogP contribution in [0.2, 0.25) is 0 Å². The Hall–Kier alpha value is -1.51. The van der Waals surface area contributed by atoms with Crippen LogP contribution in [0.5, 0.6) is 5.75 Å². The standard InChI is InChI=1S/C17H26O3/c1-4-6-7-8-9-15-10-12-16(13-11-15)20-14(3)17(18)19-5-2/h10-14H,4-9H2,1-3H3/t14-/m1/s1. The summed E-state index contributed by atoms with van der Waals surface area (Å²) in [7, 11) is 0. The van der Waals surface area contributed by atoms with Gasteiger partial charge in [0.1, 0.15) is 5.75 Å². The van der Waals surface area contributed by atoms with Crippen molar-refractivity contribution in [2.24, 2.45) is 0 Å². The second-order valence-electron chi connectivity index (χ2n) is 4.97. The van der Waals surface area contributed by atoms with Gasteiger partial charge in [-0.1, -0.05) is 38.3 Å². The van der Waals surface area contributed by atoms with Gasteiger partial charge in [-0.25, -0.2) is 4.79 Å². The first-order valence-electron chi connectivity index (χ1n) is 7.59. The molecule has 0 aliphatic heterocycles. The maximum absolute atomic E-state index is 11.5. The van der Waals surface area contributed by atoms with E-state index in [-0.39, 0.29) is 5.97 Å². The van der Waals surface area contributed by atoms with Crippen molar-refractivity contribution < 1.29 is 14.3 Å². The summed E-state index contributed by atoms with van der Waals surface area (Å²) in [6.07, 6.45) is 5.62. The minimum atomic E-state index is -0.564. The molecule has 0 spiro atoms. The summed E-state index contributed by atoms with van der Waals surface area (Å²) < 4.78 is 10.5. The van der Waals surface area contributed by atoms with E-state index in [0.29, 0.717) is 12.4 Å². The van der Waals surface area contributed by atoms with Crippen LogP contribution in [0.15, 0.2) is 24.3 Å². The van der Waals surface area contributed by atoms with Gasteiger partial charge in [-0.15, -0.1) is 0 Å².